The van der Waals surface area contributed by atoms with Crippen LogP contribution in [-0.2, 0) is 0 Å². The number of benzene rings is 3. The molecule has 1 aromatic heterocycles. The SMILES string of the molecule is Cc1ccc2nc(-c3ccc(Br)c(N=Cc4c(C)c(Cl)c(C)c([N+](=O)[O-])c4O)c3)oc2c1. The van der Waals surface area contributed by atoms with Gasteiger partial charge in [-0.1, -0.05) is 17.7 Å². The number of phenols is 1. The highest BCUT2D eigenvalue weighted by Crippen LogP contribution is 2.40. The van der Waals surface area contributed by atoms with E-state index in [1.807, 2.05) is 31.2 Å². The van der Waals surface area contributed by atoms with E-state index in [1.54, 1.807) is 19.1 Å². The first-order chi connectivity index (χ1) is 15.2. The van der Waals surface area contributed by atoms with Crippen LogP contribution < -0.4 is 0 Å². The molecule has 0 atom stereocenters. The molecule has 0 unspecified atom stereocenters. The second-order valence-corrected chi connectivity index (χ2v) is 8.58. The third-order valence-electron chi connectivity index (χ3n) is 5.15. The fourth-order valence-corrected chi connectivity index (χ4v) is 3.94. The van der Waals surface area contributed by atoms with Gasteiger partial charge in [-0.05, 0) is 78.2 Å². The monoisotopic (exact) mass is 513 g/mol. The topological polar surface area (TPSA) is 102 Å². The van der Waals surface area contributed by atoms with Gasteiger partial charge in [-0.15, -0.1) is 0 Å². The van der Waals surface area contributed by atoms with Gasteiger partial charge in [-0.2, -0.15) is 0 Å². The smallest absolute Gasteiger partial charge is 0.315 e. The summed E-state index contributed by atoms with van der Waals surface area (Å²) in [6.45, 7) is 5.15. The van der Waals surface area contributed by atoms with E-state index in [4.69, 9.17) is 16.0 Å². The first kappa shape index (κ1) is 22.0. The van der Waals surface area contributed by atoms with Crippen LogP contribution in [0.4, 0.5) is 11.4 Å². The van der Waals surface area contributed by atoms with E-state index in [9.17, 15) is 15.2 Å². The summed E-state index contributed by atoms with van der Waals surface area (Å²) in [5, 5.41) is 22.1. The van der Waals surface area contributed by atoms with Crippen molar-refractivity contribution < 1.29 is 14.4 Å². The molecule has 4 rings (SSSR count). The molecular weight excluding hydrogens is 498 g/mol. The number of oxazole rings is 1. The van der Waals surface area contributed by atoms with Crippen molar-refractivity contribution in [3.05, 3.63) is 78.3 Å². The van der Waals surface area contributed by atoms with Gasteiger partial charge in [0.15, 0.2) is 5.58 Å². The molecule has 9 heteroatoms. The van der Waals surface area contributed by atoms with Crippen LogP contribution in [0.15, 0.2) is 50.3 Å². The molecular formula is C23H17BrClN3O4. The quantitative estimate of drug-likeness (QED) is 0.176. The molecule has 0 aliphatic rings. The summed E-state index contributed by atoms with van der Waals surface area (Å²) >= 11 is 9.72. The maximum absolute atomic E-state index is 11.4. The third kappa shape index (κ3) is 3.87. The summed E-state index contributed by atoms with van der Waals surface area (Å²) in [4.78, 5) is 19.7. The van der Waals surface area contributed by atoms with Gasteiger partial charge in [0.2, 0.25) is 11.6 Å². The van der Waals surface area contributed by atoms with Crippen LogP contribution in [0.2, 0.25) is 5.02 Å². The summed E-state index contributed by atoms with van der Waals surface area (Å²) in [6, 6.07) is 11.2. The minimum absolute atomic E-state index is 0.182. The summed E-state index contributed by atoms with van der Waals surface area (Å²) in [7, 11) is 0. The fraction of sp³-hybridized carbons (Fsp3) is 0.130. The maximum Gasteiger partial charge on any atom is 0.315 e. The van der Waals surface area contributed by atoms with E-state index in [-0.39, 0.29) is 16.1 Å². The number of aliphatic imine (C=N–C) groups is 1. The predicted molar refractivity (Wildman–Crippen MR) is 128 cm³/mol. The molecule has 0 amide bonds. The summed E-state index contributed by atoms with van der Waals surface area (Å²) in [5.74, 6) is -0.0256. The van der Waals surface area contributed by atoms with E-state index >= 15 is 0 Å². The van der Waals surface area contributed by atoms with Gasteiger partial charge in [0.05, 0.1) is 15.6 Å². The highest BCUT2D eigenvalue weighted by molar-refractivity contribution is 9.10. The lowest BCUT2D eigenvalue weighted by atomic mass is 10.0. The molecule has 162 valence electrons. The Labute approximate surface area is 196 Å². The molecule has 0 radical (unpaired) electrons. The van der Waals surface area contributed by atoms with Gasteiger partial charge < -0.3 is 9.52 Å². The molecule has 0 spiro atoms. The summed E-state index contributed by atoms with van der Waals surface area (Å²) in [6.07, 6.45) is 1.36. The van der Waals surface area contributed by atoms with Gasteiger partial charge >= 0.3 is 5.69 Å². The van der Waals surface area contributed by atoms with Crippen LogP contribution in [-0.4, -0.2) is 21.2 Å². The zero-order chi connectivity index (χ0) is 23.2. The van der Waals surface area contributed by atoms with Crippen molar-refractivity contribution in [2.24, 2.45) is 4.99 Å². The molecule has 3 aromatic carbocycles. The minimum Gasteiger partial charge on any atom is -0.502 e. The van der Waals surface area contributed by atoms with Gasteiger partial charge in [-0.25, -0.2) is 4.98 Å². The number of aryl methyl sites for hydroxylation is 1. The number of nitro groups is 1. The molecule has 7 nitrogen and oxygen atoms in total. The van der Waals surface area contributed by atoms with E-state index in [2.05, 4.69) is 25.9 Å². The number of phenolic OH excluding ortho intramolecular Hbond substituents is 1. The molecule has 0 fully saturated rings. The van der Waals surface area contributed by atoms with Crippen molar-refractivity contribution in [2.45, 2.75) is 20.8 Å². The number of fused-ring (bicyclic) bond motifs is 1. The predicted octanol–water partition coefficient (Wildman–Crippen LogP) is 7.20. The molecule has 32 heavy (non-hydrogen) atoms. The van der Waals surface area contributed by atoms with Crippen molar-refractivity contribution in [3.63, 3.8) is 0 Å². The third-order valence-corrected chi connectivity index (χ3v) is 6.39. The average Bonchev–Trinajstić information content (AvgIpc) is 3.16. The molecule has 1 N–H and O–H groups in total. The van der Waals surface area contributed by atoms with Crippen LogP contribution in [0, 0.1) is 30.9 Å². The zero-order valence-corrected chi connectivity index (χ0v) is 19.7. The Morgan fingerprint density at radius 1 is 1.19 bits per heavy atom. The van der Waals surface area contributed by atoms with Crippen LogP contribution >= 0.6 is 27.5 Å². The second-order valence-electron chi connectivity index (χ2n) is 7.35. The number of nitro benzene ring substituents is 1. The number of hydrogen-bond acceptors (Lipinski definition) is 6. The first-order valence-electron chi connectivity index (χ1n) is 9.54. The number of rotatable bonds is 4. The Balaban J connectivity index is 1.78. The Kier molecular flexibility index (Phi) is 5.75. The number of hydrogen-bond donors (Lipinski definition) is 1. The summed E-state index contributed by atoms with van der Waals surface area (Å²) < 4.78 is 6.58. The van der Waals surface area contributed by atoms with Crippen LogP contribution in [0.5, 0.6) is 5.75 Å². The number of aromatic hydroxyl groups is 1. The number of aromatic nitrogens is 1. The van der Waals surface area contributed by atoms with Crippen LogP contribution in [0.1, 0.15) is 22.3 Å². The zero-order valence-electron chi connectivity index (χ0n) is 17.3. The van der Waals surface area contributed by atoms with E-state index < -0.39 is 16.4 Å². The fourth-order valence-electron chi connectivity index (χ4n) is 3.40. The highest BCUT2D eigenvalue weighted by Gasteiger charge is 2.25. The van der Waals surface area contributed by atoms with Crippen molar-refractivity contribution >= 4 is 56.2 Å². The normalized spacial score (nSPS) is 11.5. The highest BCUT2D eigenvalue weighted by atomic mass is 79.9. The number of nitrogens with zero attached hydrogens (tertiary/aromatic N) is 3. The van der Waals surface area contributed by atoms with Crippen molar-refractivity contribution in [1.82, 2.24) is 4.98 Å². The molecule has 0 saturated carbocycles. The lowest BCUT2D eigenvalue weighted by Crippen LogP contribution is -2.00. The lowest BCUT2D eigenvalue weighted by molar-refractivity contribution is -0.386. The van der Waals surface area contributed by atoms with Crippen molar-refractivity contribution in [3.8, 4) is 17.2 Å². The maximum atomic E-state index is 11.4. The van der Waals surface area contributed by atoms with E-state index in [0.717, 1.165) is 11.1 Å². The molecule has 0 saturated heterocycles. The van der Waals surface area contributed by atoms with E-state index in [1.165, 1.54) is 13.1 Å². The molecule has 1 heterocycles. The summed E-state index contributed by atoms with van der Waals surface area (Å²) in [5.41, 5.74) is 4.20. The Morgan fingerprint density at radius 2 is 1.94 bits per heavy atom. The largest absolute Gasteiger partial charge is 0.502 e. The first-order valence-corrected chi connectivity index (χ1v) is 10.7. The van der Waals surface area contributed by atoms with Gasteiger partial charge in [0, 0.05) is 27.4 Å². The Hall–Kier alpha value is -3.23. The van der Waals surface area contributed by atoms with Crippen LogP contribution in [0.3, 0.4) is 0 Å². The Bertz CT molecular complexity index is 1430. The molecule has 0 aliphatic carbocycles. The van der Waals surface area contributed by atoms with Gasteiger partial charge in [-0.3, -0.25) is 15.1 Å². The number of halogens is 2. The van der Waals surface area contributed by atoms with Crippen LogP contribution in [0.25, 0.3) is 22.6 Å². The van der Waals surface area contributed by atoms with Crippen molar-refractivity contribution in [1.29, 1.82) is 0 Å². The van der Waals surface area contributed by atoms with E-state index in [0.29, 0.717) is 32.8 Å². The Morgan fingerprint density at radius 3 is 2.66 bits per heavy atom. The lowest BCUT2D eigenvalue weighted by Gasteiger charge is -2.10. The van der Waals surface area contributed by atoms with Gasteiger partial charge in [0.1, 0.15) is 5.52 Å². The molecule has 0 bridgehead atoms. The van der Waals surface area contributed by atoms with Gasteiger partial charge in [0.25, 0.3) is 0 Å². The molecule has 0 aliphatic heterocycles. The molecule has 4 aromatic rings. The minimum atomic E-state index is -0.654. The van der Waals surface area contributed by atoms with Crippen molar-refractivity contribution in [2.75, 3.05) is 0 Å². The second kappa shape index (κ2) is 8.37. The standard InChI is InChI=1S/C23H17BrClN3O4/c1-11-4-7-17-19(8-11)32-23(27-17)14-5-6-16(24)18(9-14)26-10-15-12(2)20(25)13(3)21(22(15)29)28(30)31/h4-10,29H,1-3H3. The average molecular weight is 515 g/mol.